The first-order chi connectivity index (χ1) is 11.6. The molecule has 0 spiro atoms. The second kappa shape index (κ2) is 7.20. The molecule has 0 fully saturated rings. The Morgan fingerprint density at radius 2 is 1.62 bits per heavy atom. The fraction of sp³-hybridized carbons (Fsp3) is 0.0500. The van der Waals surface area contributed by atoms with Gasteiger partial charge in [-0.25, -0.2) is 4.79 Å². The molecular formula is C20H14BrClO2. The van der Waals surface area contributed by atoms with Gasteiger partial charge in [-0.2, -0.15) is 0 Å². The number of carbonyl (C=O) groups is 1. The van der Waals surface area contributed by atoms with Gasteiger partial charge in [0.25, 0.3) is 0 Å². The number of hydrogen-bond acceptors (Lipinski definition) is 2. The van der Waals surface area contributed by atoms with Crippen LogP contribution in [-0.4, -0.2) is 13.1 Å². The van der Waals surface area contributed by atoms with E-state index in [2.05, 4.69) is 34.1 Å². The monoisotopic (exact) mass is 400 g/mol. The molecule has 3 aromatic rings. The van der Waals surface area contributed by atoms with Crippen LogP contribution in [0, 0.1) is 0 Å². The van der Waals surface area contributed by atoms with E-state index in [0.29, 0.717) is 10.6 Å². The fourth-order valence-electron chi connectivity index (χ4n) is 2.59. The van der Waals surface area contributed by atoms with Gasteiger partial charge in [0, 0.05) is 9.50 Å². The highest BCUT2D eigenvalue weighted by atomic mass is 79.9. The Hall–Kier alpha value is -2.10. The molecule has 0 bridgehead atoms. The van der Waals surface area contributed by atoms with E-state index in [1.165, 1.54) is 7.11 Å². The lowest BCUT2D eigenvalue weighted by Crippen LogP contribution is -2.03. The predicted octanol–water partition coefficient (Wildman–Crippen LogP) is 6.22. The third-order valence-electron chi connectivity index (χ3n) is 3.70. The first-order valence-corrected chi connectivity index (χ1v) is 8.50. The Morgan fingerprint density at radius 3 is 2.33 bits per heavy atom. The largest absolute Gasteiger partial charge is 0.465 e. The molecular weight excluding hydrogens is 388 g/mol. The highest BCUT2D eigenvalue weighted by Gasteiger charge is 2.15. The van der Waals surface area contributed by atoms with Gasteiger partial charge in [-0.3, -0.25) is 0 Å². The van der Waals surface area contributed by atoms with E-state index in [1.54, 1.807) is 12.1 Å². The maximum atomic E-state index is 12.1. The zero-order chi connectivity index (χ0) is 17.1. The summed E-state index contributed by atoms with van der Waals surface area (Å²) in [6.07, 6.45) is 0. The number of hydrogen-bond donors (Lipinski definition) is 0. The molecule has 120 valence electrons. The lowest BCUT2D eigenvalue weighted by atomic mass is 9.96. The number of ether oxygens (including phenoxy) is 1. The maximum Gasteiger partial charge on any atom is 0.338 e. The van der Waals surface area contributed by atoms with E-state index >= 15 is 0 Å². The van der Waals surface area contributed by atoms with Crippen LogP contribution in [0.25, 0.3) is 22.3 Å². The van der Waals surface area contributed by atoms with E-state index in [9.17, 15) is 4.79 Å². The van der Waals surface area contributed by atoms with Crippen molar-refractivity contribution in [2.24, 2.45) is 0 Å². The van der Waals surface area contributed by atoms with Gasteiger partial charge in [0.15, 0.2) is 0 Å². The smallest absolute Gasteiger partial charge is 0.338 e. The van der Waals surface area contributed by atoms with Crippen molar-refractivity contribution >= 4 is 33.5 Å². The van der Waals surface area contributed by atoms with Crippen LogP contribution in [0.3, 0.4) is 0 Å². The average molecular weight is 402 g/mol. The van der Waals surface area contributed by atoms with Gasteiger partial charge < -0.3 is 4.74 Å². The number of rotatable bonds is 3. The summed E-state index contributed by atoms with van der Waals surface area (Å²) in [6.45, 7) is 0. The molecule has 0 aliphatic heterocycles. The summed E-state index contributed by atoms with van der Waals surface area (Å²) < 4.78 is 5.82. The summed E-state index contributed by atoms with van der Waals surface area (Å²) in [5.74, 6) is -0.409. The Morgan fingerprint density at radius 1 is 0.917 bits per heavy atom. The van der Waals surface area contributed by atoms with Crippen molar-refractivity contribution in [3.05, 3.63) is 81.8 Å². The number of benzene rings is 3. The molecule has 3 aromatic carbocycles. The first-order valence-electron chi connectivity index (χ1n) is 7.33. The summed E-state index contributed by atoms with van der Waals surface area (Å²) >= 11 is 9.61. The van der Waals surface area contributed by atoms with E-state index < -0.39 is 5.97 Å². The van der Waals surface area contributed by atoms with Crippen molar-refractivity contribution in [3.8, 4) is 22.3 Å². The van der Waals surface area contributed by atoms with Crippen LogP contribution >= 0.6 is 27.5 Å². The van der Waals surface area contributed by atoms with Crippen LogP contribution in [0.15, 0.2) is 71.2 Å². The number of carbonyl (C=O) groups excluding carboxylic acids is 1. The molecule has 0 amide bonds. The molecule has 0 heterocycles. The summed E-state index contributed by atoms with van der Waals surface area (Å²) in [5, 5.41) is 0.498. The molecule has 0 N–H and O–H groups in total. The molecule has 0 radical (unpaired) electrons. The molecule has 3 rings (SSSR count). The van der Waals surface area contributed by atoms with Crippen molar-refractivity contribution in [2.45, 2.75) is 0 Å². The Kier molecular flexibility index (Phi) is 5.03. The van der Waals surface area contributed by atoms with Crippen molar-refractivity contribution in [2.75, 3.05) is 7.11 Å². The third kappa shape index (κ3) is 3.53. The van der Waals surface area contributed by atoms with Crippen LogP contribution < -0.4 is 0 Å². The number of halogens is 2. The van der Waals surface area contributed by atoms with Gasteiger partial charge in [0.05, 0.1) is 12.7 Å². The minimum Gasteiger partial charge on any atom is -0.465 e. The first kappa shape index (κ1) is 16.7. The standard InChI is InChI=1S/C20H14BrClO2/c1-24-20(23)19-12-17(22)7-8-18(19)15-9-14(10-16(21)11-15)13-5-3-2-4-6-13/h2-12H,1H3. The van der Waals surface area contributed by atoms with E-state index in [1.807, 2.05) is 36.4 Å². The normalized spacial score (nSPS) is 10.5. The summed E-state index contributed by atoms with van der Waals surface area (Å²) in [6, 6.07) is 21.4. The van der Waals surface area contributed by atoms with Crippen LogP contribution in [-0.2, 0) is 4.74 Å². The lowest BCUT2D eigenvalue weighted by molar-refractivity contribution is 0.0601. The van der Waals surface area contributed by atoms with Crippen molar-refractivity contribution in [1.29, 1.82) is 0 Å². The van der Waals surface area contributed by atoms with E-state index in [4.69, 9.17) is 16.3 Å². The second-order valence-electron chi connectivity index (χ2n) is 5.28. The third-order valence-corrected chi connectivity index (χ3v) is 4.40. The van der Waals surface area contributed by atoms with Gasteiger partial charge in [-0.05, 0) is 52.6 Å². The fourth-order valence-corrected chi connectivity index (χ4v) is 3.25. The predicted molar refractivity (Wildman–Crippen MR) is 101 cm³/mol. The summed E-state index contributed by atoms with van der Waals surface area (Å²) in [5.41, 5.74) is 4.31. The Balaban J connectivity index is 2.17. The molecule has 2 nitrogen and oxygen atoms in total. The number of esters is 1. The minimum absolute atomic E-state index is 0.409. The minimum atomic E-state index is -0.409. The highest BCUT2D eigenvalue weighted by Crippen LogP contribution is 2.33. The molecule has 0 atom stereocenters. The van der Waals surface area contributed by atoms with Crippen molar-refractivity contribution in [3.63, 3.8) is 0 Å². The average Bonchev–Trinajstić information content (AvgIpc) is 2.61. The quantitative estimate of drug-likeness (QED) is 0.487. The molecule has 0 unspecified atom stereocenters. The van der Waals surface area contributed by atoms with Crippen LogP contribution in [0.2, 0.25) is 5.02 Å². The summed E-state index contributed by atoms with van der Waals surface area (Å²) in [7, 11) is 1.36. The van der Waals surface area contributed by atoms with Gasteiger partial charge in [-0.15, -0.1) is 0 Å². The van der Waals surface area contributed by atoms with Crippen molar-refractivity contribution in [1.82, 2.24) is 0 Å². The molecule has 4 heteroatoms. The molecule has 0 aliphatic rings. The molecule has 0 aliphatic carbocycles. The molecule has 0 saturated heterocycles. The molecule has 0 saturated carbocycles. The van der Waals surface area contributed by atoms with E-state index in [-0.39, 0.29) is 0 Å². The lowest BCUT2D eigenvalue weighted by Gasteiger charge is -2.11. The second-order valence-corrected chi connectivity index (χ2v) is 6.63. The van der Waals surface area contributed by atoms with Crippen molar-refractivity contribution < 1.29 is 9.53 Å². The zero-order valence-corrected chi connectivity index (χ0v) is 15.3. The Bertz CT molecular complexity index is 891. The topological polar surface area (TPSA) is 26.3 Å². The van der Waals surface area contributed by atoms with Crippen LogP contribution in [0.1, 0.15) is 10.4 Å². The van der Waals surface area contributed by atoms with Gasteiger partial charge in [-0.1, -0.05) is 63.9 Å². The SMILES string of the molecule is COC(=O)c1cc(Cl)ccc1-c1cc(Br)cc(-c2ccccc2)c1. The molecule has 0 aromatic heterocycles. The van der Waals surface area contributed by atoms with Gasteiger partial charge >= 0.3 is 5.97 Å². The van der Waals surface area contributed by atoms with Gasteiger partial charge in [0.1, 0.15) is 0 Å². The summed E-state index contributed by atoms with van der Waals surface area (Å²) in [4.78, 5) is 12.1. The molecule has 24 heavy (non-hydrogen) atoms. The van der Waals surface area contributed by atoms with Crippen LogP contribution in [0.5, 0.6) is 0 Å². The van der Waals surface area contributed by atoms with Crippen LogP contribution in [0.4, 0.5) is 0 Å². The maximum absolute atomic E-state index is 12.1. The number of methoxy groups -OCH3 is 1. The van der Waals surface area contributed by atoms with Gasteiger partial charge in [0.2, 0.25) is 0 Å². The Labute approximate surface area is 154 Å². The zero-order valence-electron chi connectivity index (χ0n) is 12.9. The van der Waals surface area contributed by atoms with E-state index in [0.717, 1.165) is 26.7 Å². The highest BCUT2D eigenvalue weighted by molar-refractivity contribution is 9.10.